The average molecular weight is 499 g/mol. The maximum absolute atomic E-state index is 13.0. The second-order valence-electron chi connectivity index (χ2n) is 5.58. The number of aryl methyl sites for hydroxylation is 1. The summed E-state index contributed by atoms with van der Waals surface area (Å²) >= 11 is 2.00. The van der Waals surface area contributed by atoms with Crippen LogP contribution >= 0.6 is 22.6 Å². The van der Waals surface area contributed by atoms with Gasteiger partial charge in [0.15, 0.2) is 0 Å². The molecule has 1 N–H and O–H groups in total. The van der Waals surface area contributed by atoms with E-state index in [2.05, 4.69) is 11.8 Å². The number of carbonyl (C=O) groups is 1. The monoisotopic (exact) mass is 499 g/mol. The Kier molecular flexibility index (Phi) is 6.73. The van der Waals surface area contributed by atoms with E-state index in [1.165, 1.54) is 37.4 Å². The molecule has 2 aromatic rings. The molecule has 0 spiro atoms. The maximum atomic E-state index is 13.0. The Morgan fingerprint density at radius 3 is 2.44 bits per heavy atom. The molecule has 0 aliphatic heterocycles. The normalized spacial score (nSPS) is 10.7. The molecule has 0 heterocycles. The smallest absolute Gasteiger partial charge is 0.337 e. The van der Waals surface area contributed by atoms with Crippen molar-refractivity contribution in [3.8, 4) is 17.6 Å². The number of hydrogen-bond donors (Lipinski definition) is 1. The first-order chi connectivity index (χ1) is 12.7. The van der Waals surface area contributed by atoms with E-state index in [0.29, 0.717) is 14.9 Å². The fourth-order valence-electron chi connectivity index (χ4n) is 2.49. The standard InChI is InChI=1S/C19H18INO5S/c1-4-5-10-26-15-6-8-16(9-7-15)27(24,25)21(3)18-13(2)11-14(20)12-17(18)19(22)23/h6-9,11-12H,10H2,1-3H3,(H,22,23). The van der Waals surface area contributed by atoms with Gasteiger partial charge in [0, 0.05) is 10.6 Å². The Hall–Kier alpha value is -2.25. The summed E-state index contributed by atoms with van der Waals surface area (Å²) in [5, 5.41) is 9.49. The van der Waals surface area contributed by atoms with E-state index in [0.717, 1.165) is 4.31 Å². The van der Waals surface area contributed by atoms with Gasteiger partial charge in [0.1, 0.15) is 12.4 Å². The van der Waals surface area contributed by atoms with Crippen molar-refractivity contribution in [1.82, 2.24) is 0 Å². The lowest BCUT2D eigenvalue weighted by molar-refractivity contribution is 0.0697. The number of ether oxygens (including phenoxy) is 1. The zero-order valence-corrected chi connectivity index (χ0v) is 18.0. The summed E-state index contributed by atoms with van der Waals surface area (Å²) in [4.78, 5) is 11.6. The van der Waals surface area contributed by atoms with Gasteiger partial charge < -0.3 is 9.84 Å². The fraction of sp³-hybridized carbons (Fsp3) is 0.211. The van der Waals surface area contributed by atoms with Crippen molar-refractivity contribution in [3.05, 3.63) is 51.1 Å². The highest BCUT2D eigenvalue weighted by Gasteiger charge is 2.27. The van der Waals surface area contributed by atoms with E-state index in [1.807, 2.05) is 22.6 Å². The number of aromatic carboxylic acids is 1. The molecule has 6 nitrogen and oxygen atoms in total. The molecule has 142 valence electrons. The largest absolute Gasteiger partial charge is 0.481 e. The molecule has 0 amide bonds. The molecule has 2 rings (SSSR count). The molecule has 0 aromatic heterocycles. The van der Waals surface area contributed by atoms with Gasteiger partial charge in [0.25, 0.3) is 10.0 Å². The van der Waals surface area contributed by atoms with Crippen LogP contribution in [0.2, 0.25) is 0 Å². The lowest BCUT2D eigenvalue weighted by Gasteiger charge is -2.23. The number of carboxylic acids is 1. The molecule has 27 heavy (non-hydrogen) atoms. The number of nitrogens with zero attached hydrogens (tertiary/aromatic N) is 1. The van der Waals surface area contributed by atoms with Gasteiger partial charge in [0.05, 0.1) is 16.1 Å². The Morgan fingerprint density at radius 2 is 1.89 bits per heavy atom. The van der Waals surface area contributed by atoms with Crippen molar-refractivity contribution in [1.29, 1.82) is 0 Å². The first-order valence-corrected chi connectivity index (χ1v) is 10.3. The van der Waals surface area contributed by atoms with Crippen molar-refractivity contribution < 1.29 is 23.1 Å². The van der Waals surface area contributed by atoms with Crippen LogP contribution in [0.1, 0.15) is 22.8 Å². The summed E-state index contributed by atoms with van der Waals surface area (Å²) in [7, 11) is -2.60. The Bertz CT molecular complexity index is 1020. The Morgan fingerprint density at radius 1 is 1.26 bits per heavy atom. The van der Waals surface area contributed by atoms with E-state index in [-0.39, 0.29) is 22.8 Å². The molecule has 2 aromatic carbocycles. The number of sulfonamides is 1. The van der Waals surface area contributed by atoms with Gasteiger partial charge in [0.2, 0.25) is 0 Å². The van der Waals surface area contributed by atoms with Crippen molar-refractivity contribution in [2.24, 2.45) is 0 Å². The first-order valence-electron chi connectivity index (χ1n) is 7.83. The number of benzene rings is 2. The first kappa shape index (κ1) is 21.1. The Balaban J connectivity index is 2.42. The predicted octanol–water partition coefficient (Wildman–Crippen LogP) is 3.53. The van der Waals surface area contributed by atoms with Crippen LogP contribution in [0.4, 0.5) is 5.69 Å². The van der Waals surface area contributed by atoms with Gasteiger partial charge in [-0.15, -0.1) is 5.92 Å². The highest BCUT2D eigenvalue weighted by Crippen LogP contribution is 2.31. The molecule has 0 atom stereocenters. The van der Waals surface area contributed by atoms with Gasteiger partial charge in [-0.05, 0) is 78.4 Å². The van der Waals surface area contributed by atoms with Crippen LogP contribution < -0.4 is 9.04 Å². The lowest BCUT2D eigenvalue weighted by Crippen LogP contribution is -2.29. The minimum absolute atomic E-state index is 0.0354. The number of rotatable bonds is 6. The maximum Gasteiger partial charge on any atom is 0.337 e. The zero-order valence-electron chi connectivity index (χ0n) is 15.0. The predicted molar refractivity (Wildman–Crippen MR) is 112 cm³/mol. The van der Waals surface area contributed by atoms with Crippen LogP contribution in [0.15, 0.2) is 41.3 Å². The molecule has 0 unspecified atom stereocenters. The molecule has 0 aliphatic rings. The van der Waals surface area contributed by atoms with E-state index in [4.69, 9.17) is 4.74 Å². The number of hydrogen-bond acceptors (Lipinski definition) is 4. The van der Waals surface area contributed by atoms with Crippen LogP contribution in [0.25, 0.3) is 0 Å². The van der Waals surface area contributed by atoms with Crippen molar-refractivity contribution in [2.75, 3.05) is 18.0 Å². The highest BCUT2D eigenvalue weighted by molar-refractivity contribution is 14.1. The van der Waals surface area contributed by atoms with Gasteiger partial charge in [-0.3, -0.25) is 4.31 Å². The van der Waals surface area contributed by atoms with Crippen LogP contribution in [0.5, 0.6) is 5.75 Å². The van der Waals surface area contributed by atoms with E-state index in [1.54, 1.807) is 19.9 Å². The molecule has 0 bridgehead atoms. The van der Waals surface area contributed by atoms with Crippen LogP contribution in [-0.4, -0.2) is 33.1 Å². The van der Waals surface area contributed by atoms with E-state index < -0.39 is 16.0 Å². The van der Waals surface area contributed by atoms with E-state index in [9.17, 15) is 18.3 Å². The fourth-order valence-corrected chi connectivity index (χ4v) is 4.55. The lowest BCUT2D eigenvalue weighted by atomic mass is 10.1. The molecule has 8 heteroatoms. The summed E-state index contributed by atoms with van der Waals surface area (Å²) in [5.74, 6) is 4.77. The third-order valence-electron chi connectivity index (χ3n) is 3.78. The number of halogens is 1. The molecular formula is C19H18INO5S. The topological polar surface area (TPSA) is 83.9 Å². The van der Waals surface area contributed by atoms with Gasteiger partial charge in [-0.2, -0.15) is 0 Å². The minimum Gasteiger partial charge on any atom is -0.481 e. The summed E-state index contributed by atoms with van der Waals surface area (Å²) in [6.45, 7) is 3.60. The minimum atomic E-state index is -3.94. The summed E-state index contributed by atoms with van der Waals surface area (Å²) < 4.78 is 33.1. The van der Waals surface area contributed by atoms with Crippen LogP contribution in [0.3, 0.4) is 0 Å². The van der Waals surface area contributed by atoms with E-state index >= 15 is 0 Å². The highest BCUT2D eigenvalue weighted by atomic mass is 127. The third kappa shape index (κ3) is 4.73. The van der Waals surface area contributed by atoms with Crippen LogP contribution in [-0.2, 0) is 10.0 Å². The third-order valence-corrected chi connectivity index (χ3v) is 6.17. The van der Waals surface area contributed by atoms with Gasteiger partial charge >= 0.3 is 5.97 Å². The van der Waals surface area contributed by atoms with Gasteiger partial charge in [-0.1, -0.05) is 5.92 Å². The zero-order chi connectivity index (χ0) is 20.2. The molecule has 0 aliphatic carbocycles. The molecule has 0 saturated carbocycles. The van der Waals surface area contributed by atoms with Crippen molar-refractivity contribution in [2.45, 2.75) is 18.7 Å². The second kappa shape index (κ2) is 8.63. The van der Waals surface area contributed by atoms with Crippen LogP contribution in [0, 0.1) is 22.3 Å². The molecule has 0 fully saturated rings. The Labute approximate surface area is 172 Å². The quantitative estimate of drug-likeness (QED) is 0.486. The second-order valence-corrected chi connectivity index (χ2v) is 8.80. The summed E-state index contributed by atoms with van der Waals surface area (Å²) in [6.07, 6.45) is 0. The molecular weight excluding hydrogens is 481 g/mol. The summed E-state index contributed by atoms with van der Waals surface area (Å²) in [6, 6.07) is 9.10. The summed E-state index contributed by atoms with van der Waals surface area (Å²) in [5.41, 5.74) is 0.633. The van der Waals surface area contributed by atoms with Crippen molar-refractivity contribution >= 4 is 44.3 Å². The number of carboxylic acid groups (broad SMARTS) is 1. The molecule has 0 saturated heterocycles. The molecule has 0 radical (unpaired) electrons. The van der Waals surface area contributed by atoms with Crippen molar-refractivity contribution in [3.63, 3.8) is 0 Å². The van der Waals surface area contributed by atoms with Gasteiger partial charge in [-0.25, -0.2) is 13.2 Å². The SMILES string of the molecule is CC#CCOc1ccc(S(=O)(=O)N(C)c2c(C)cc(I)cc2C(=O)O)cc1. The average Bonchev–Trinajstić information content (AvgIpc) is 2.61. The number of anilines is 1.